The maximum Gasteiger partial charge on any atom is 0.0895 e. The van der Waals surface area contributed by atoms with E-state index in [0.717, 1.165) is 0 Å². The van der Waals surface area contributed by atoms with Crippen molar-refractivity contribution < 1.29 is 9.84 Å². The summed E-state index contributed by atoms with van der Waals surface area (Å²) < 4.78 is 5.63. The van der Waals surface area contributed by atoms with Gasteiger partial charge in [0.15, 0.2) is 0 Å². The third-order valence-electron chi connectivity index (χ3n) is 2.57. The molecule has 1 N–H and O–H groups in total. The van der Waals surface area contributed by atoms with Crippen LogP contribution in [0.2, 0.25) is 0 Å². The predicted molar refractivity (Wildman–Crippen MR) is 52.8 cm³/mol. The van der Waals surface area contributed by atoms with Crippen molar-refractivity contribution in [3.8, 4) is 0 Å². The van der Waals surface area contributed by atoms with Crippen LogP contribution in [-0.4, -0.2) is 30.0 Å². The fourth-order valence-electron chi connectivity index (χ4n) is 1.64. The molecule has 1 saturated heterocycles. The minimum atomic E-state index is -0.338. The van der Waals surface area contributed by atoms with Crippen LogP contribution in [-0.2, 0) is 4.74 Å². The highest BCUT2D eigenvalue weighted by molar-refractivity contribution is 4.92. The lowest BCUT2D eigenvalue weighted by Crippen LogP contribution is -2.27. The number of ether oxygens (including phenoxy) is 1. The Morgan fingerprint density at radius 1 is 1.57 bits per heavy atom. The van der Waals surface area contributed by atoms with E-state index in [1.54, 1.807) is 0 Å². The Labute approximate surface area is 83.7 Å². The number of hydrogen-bond donors (Lipinski definition) is 1. The summed E-state index contributed by atoms with van der Waals surface area (Å²) in [4.78, 5) is 2.77. The zero-order chi connectivity index (χ0) is 10.8. The van der Waals surface area contributed by atoms with E-state index in [9.17, 15) is 0 Å². The molecule has 0 aromatic carbocycles. The Kier molecular flexibility index (Phi) is 3.37. The highest BCUT2D eigenvalue weighted by Gasteiger charge is 2.39. The maximum atomic E-state index is 9.04. The lowest BCUT2D eigenvalue weighted by molar-refractivity contribution is -0.0372. The zero-order valence-corrected chi connectivity index (χ0v) is 8.84. The number of nitrogens with zero attached hydrogens (tertiary/aromatic N) is 3. The first kappa shape index (κ1) is 11.3. The topological polar surface area (TPSA) is 78.2 Å². The van der Waals surface area contributed by atoms with Crippen molar-refractivity contribution in [2.75, 3.05) is 6.61 Å². The van der Waals surface area contributed by atoms with Crippen LogP contribution < -0.4 is 0 Å². The Bertz CT molecular complexity index is 243. The Balaban J connectivity index is 2.70. The minimum absolute atomic E-state index is 0.0210. The monoisotopic (exact) mass is 199 g/mol. The van der Waals surface area contributed by atoms with Gasteiger partial charge in [-0.2, -0.15) is 0 Å². The highest BCUT2D eigenvalue weighted by Crippen LogP contribution is 2.34. The molecule has 0 spiro atoms. The Morgan fingerprint density at radius 2 is 2.21 bits per heavy atom. The fourth-order valence-corrected chi connectivity index (χ4v) is 1.64. The molecule has 0 bridgehead atoms. The van der Waals surface area contributed by atoms with E-state index >= 15 is 0 Å². The maximum absolute atomic E-state index is 9.04. The number of azide groups is 1. The second-order valence-corrected chi connectivity index (χ2v) is 4.72. The van der Waals surface area contributed by atoms with Crippen LogP contribution in [0, 0.1) is 5.41 Å². The molecule has 3 atom stereocenters. The van der Waals surface area contributed by atoms with E-state index in [1.165, 1.54) is 0 Å². The second-order valence-electron chi connectivity index (χ2n) is 4.72. The van der Waals surface area contributed by atoms with E-state index in [0.29, 0.717) is 6.42 Å². The lowest BCUT2D eigenvalue weighted by Gasteiger charge is -2.26. The number of aliphatic hydroxyl groups excluding tert-OH is 1. The van der Waals surface area contributed by atoms with Crippen LogP contribution in [0.1, 0.15) is 27.2 Å². The molecule has 0 aromatic rings. The summed E-state index contributed by atoms with van der Waals surface area (Å²) in [5.74, 6) is 0. The highest BCUT2D eigenvalue weighted by atomic mass is 16.5. The van der Waals surface area contributed by atoms with Crippen LogP contribution in [0.3, 0.4) is 0 Å². The SMILES string of the molecule is CC(C)(C)C1CC(N=[N+]=[N-])[C@@H](CO)O1. The van der Waals surface area contributed by atoms with Gasteiger partial charge >= 0.3 is 0 Å². The minimum Gasteiger partial charge on any atom is -0.394 e. The van der Waals surface area contributed by atoms with Crippen molar-refractivity contribution in [1.29, 1.82) is 0 Å². The quantitative estimate of drug-likeness (QED) is 0.418. The molecule has 0 aromatic heterocycles. The third-order valence-corrected chi connectivity index (χ3v) is 2.57. The molecule has 80 valence electrons. The van der Waals surface area contributed by atoms with Gasteiger partial charge in [0.1, 0.15) is 0 Å². The van der Waals surface area contributed by atoms with Gasteiger partial charge in [0, 0.05) is 4.91 Å². The van der Waals surface area contributed by atoms with Crippen molar-refractivity contribution in [1.82, 2.24) is 0 Å². The molecule has 0 radical (unpaired) electrons. The average Bonchev–Trinajstić information content (AvgIpc) is 2.47. The molecule has 1 aliphatic heterocycles. The van der Waals surface area contributed by atoms with E-state index in [4.69, 9.17) is 15.4 Å². The molecule has 0 amide bonds. The normalized spacial score (nSPS) is 32.7. The molecule has 5 heteroatoms. The molecule has 2 unspecified atom stereocenters. The van der Waals surface area contributed by atoms with Gasteiger partial charge < -0.3 is 9.84 Å². The summed E-state index contributed by atoms with van der Waals surface area (Å²) in [5, 5.41) is 12.7. The molecular formula is C9H17N3O2. The van der Waals surface area contributed by atoms with Crippen LogP contribution in [0.25, 0.3) is 10.4 Å². The lowest BCUT2D eigenvalue weighted by atomic mass is 9.87. The molecule has 1 rings (SSSR count). The van der Waals surface area contributed by atoms with Crippen molar-refractivity contribution in [2.24, 2.45) is 10.5 Å². The number of aliphatic hydroxyl groups is 1. The van der Waals surface area contributed by atoms with Gasteiger partial charge in [-0.25, -0.2) is 0 Å². The van der Waals surface area contributed by atoms with Gasteiger partial charge in [-0.3, -0.25) is 0 Å². The van der Waals surface area contributed by atoms with Gasteiger partial charge in [-0.1, -0.05) is 25.9 Å². The van der Waals surface area contributed by atoms with Gasteiger partial charge in [0.05, 0.1) is 24.9 Å². The number of hydrogen-bond acceptors (Lipinski definition) is 3. The van der Waals surface area contributed by atoms with E-state index < -0.39 is 0 Å². The summed E-state index contributed by atoms with van der Waals surface area (Å²) in [6.45, 7) is 6.13. The van der Waals surface area contributed by atoms with Gasteiger partial charge in [0.25, 0.3) is 0 Å². The van der Waals surface area contributed by atoms with Crippen LogP contribution in [0.5, 0.6) is 0 Å². The molecule has 0 saturated carbocycles. The Morgan fingerprint density at radius 3 is 2.64 bits per heavy atom. The van der Waals surface area contributed by atoms with Crippen LogP contribution >= 0.6 is 0 Å². The summed E-state index contributed by atoms with van der Waals surface area (Å²) in [5.41, 5.74) is 8.37. The first-order valence-corrected chi connectivity index (χ1v) is 4.79. The third kappa shape index (κ3) is 2.38. The molecule has 14 heavy (non-hydrogen) atoms. The fraction of sp³-hybridized carbons (Fsp3) is 1.00. The molecule has 1 aliphatic rings. The van der Waals surface area contributed by atoms with Crippen LogP contribution in [0.15, 0.2) is 5.11 Å². The first-order chi connectivity index (χ1) is 6.49. The summed E-state index contributed by atoms with van der Waals surface area (Å²) in [6.07, 6.45) is 0.406. The summed E-state index contributed by atoms with van der Waals surface area (Å²) >= 11 is 0. The largest absolute Gasteiger partial charge is 0.394 e. The van der Waals surface area contributed by atoms with Crippen molar-refractivity contribution >= 4 is 0 Å². The average molecular weight is 199 g/mol. The molecular weight excluding hydrogens is 182 g/mol. The van der Waals surface area contributed by atoms with Crippen LogP contribution in [0.4, 0.5) is 0 Å². The molecule has 1 heterocycles. The number of rotatable bonds is 2. The van der Waals surface area contributed by atoms with Crippen molar-refractivity contribution in [3.05, 3.63) is 10.4 Å². The van der Waals surface area contributed by atoms with Gasteiger partial charge in [-0.15, -0.1) is 0 Å². The summed E-state index contributed by atoms with van der Waals surface area (Å²) in [7, 11) is 0. The predicted octanol–water partition coefficient (Wildman–Crippen LogP) is 1.86. The van der Waals surface area contributed by atoms with Gasteiger partial charge in [-0.05, 0) is 17.4 Å². The zero-order valence-electron chi connectivity index (χ0n) is 8.84. The van der Waals surface area contributed by atoms with Crippen molar-refractivity contribution in [3.63, 3.8) is 0 Å². The molecule has 5 nitrogen and oxygen atoms in total. The van der Waals surface area contributed by atoms with Gasteiger partial charge in [0.2, 0.25) is 0 Å². The summed E-state index contributed by atoms with van der Waals surface area (Å²) in [6, 6.07) is -0.228. The molecule has 1 fully saturated rings. The first-order valence-electron chi connectivity index (χ1n) is 4.79. The van der Waals surface area contributed by atoms with Crippen molar-refractivity contribution in [2.45, 2.75) is 45.4 Å². The van der Waals surface area contributed by atoms with E-state index in [-0.39, 0.29) is 30.3 Å². The van der Waals surface area contributed by atoms with E-state index in [1.807, 2.05) is 0 Å². The standard InChI is InChI=1S/C9H17N3O2/c1-9(2,3)8-4-6(11-12-10)7(5-13)14-8/h6-8,13H,4-5H2,1-3H3/t6?,7-,8?/m1/s1. The second kappa shape index (κ2) is 4.17. The Hall–Kier alpha value is -0.770. The van der Waals surface area contributed by atoms with E-state index in [2.05, 4.69) is 30.8 Å². The molecule has 0 aliphatic carbocycles. The smallest absolute Gasteiger partial charge is 0.0895 e.